The number of nitrogens with zero attached hydrogens (tertiary/aromatic N) is 3. The molecule has 71 heavy (non-hydrogen) atoms. The number of fused-ring (bicyclic) bond motifs is 4. The van der Waals surface area contributed by atoms with E-state index in [2.05, 4.69) is 73.2 Å². The molecule has 3 aromatic heterocycles. The normalized spacial score (nSPS) is 12.1. The maximum atomic E-state index is 16.1. The molecule has 0 spiro atoms. The minimum Gasteiger partial charge on any atom is -0.330 e. The van der Waals surface area contributed by atoms with E-state index in [0.29, 0.717) is 22.4 Å². The van der Waals surface area contributed by atoms with Crippen molar-refractivity contribution >= 4 is 55.8 Å². The van der Waals surface area contributed by atoms with Gasteiger partial charge in [0.25, 0.3) is 0 Å². The van der Waals surface area contributed by atoms with Gasteiger partial charge in [-0.25, -0.2) is 4.39 Å². The zero-order valence-corrected chi connectivity index (χ0v) is 43.7. The van der Waals surface area contributed by atoms with Crippen molar-refractivity contribution < 1.29 is 39.0 Å². The molecule has 0 unspecified atom stereocenters. The Morgan fingerprint density at radius 3 is 2.00 bits per heavy atom. The van der Waals surface area contributed by atoms with Gasteiger partial charge in [0.1, 0.15) is 5.82 Å². The molecule has 0 amide bonds. The summed E-state index contributed by atoms with van der Waals surface area (Å²) in [7, 11) is -1.50. The first-order valence-corrected chi connectivity index (χ1v) is 27.3. The van der Waals surface area contributed by atoms with Crippen LogP contribution in [0.15, 0.2) is 188 Å². The van der Waals surface area contributed by atoms with Crippen LogP contribution in [-0.2, 0) is 26.3 Å². The van der Waals surface area contributed by atoms with Crippen LogP contribution in [0.3, 0.4) is 0 Å². The maximum absolute atomic E-state index is 16.1. The molecule has 0 saturated carbocycles. The first kappa shape index (κ1) is 47.8. The van der Waals surface area contributed by atoms with Crippen molar-refractivity contribution in [3.8, 4) is 61.7 Å². The van der Waals surface area contributed by atoms with Crippen LogP contribution in [0, 0.1) is 17.9 Å². The second kappa shape index (κ2) is 20.1. The molecule has 0 aliphatic heterocycles. The molecule has 8 aromatic carbocycles. The van der Waals surface area contributed by atoms with Crippen LogP contribution in [0.4, 0.5) is 17.6 Å². The molecule has 0 N–H and O–H groups in total. The predicted octanol–water partition coefficient (Wildman–Crippen LogP) is 17.2. The summed E-state index contributed by atoms with van der Waals surface area (Å²) in [5.74, 6) is -0.445. The first-order valence-electron chi connectivity index (χ1n) is 23.5. The Kier molecular flexibility index (Phi) is 13.6. The fourth-order valence-corrected chi connectivity index (χ4v) is 11.7. The van der Waals surface area contributed by atoms with E-state index in [1.54, 1.807) is 17.4 Å². The Balaban J connectivity index is 0.000000257. The first-order chi connectivity index (χ1) is 34.0. The zero-order chi connectivity index (χ0) is 49.7. The molecule has 355 valence electrons. The number of pyridine rings is 1. The van der Waals surface area contributed by atoms with Gasteiger partial charge in [0.2, 0.25) is 0 Å². The van der Waals surface area contributed by atoms with Gasteiger partial charge in [-0.15, -0.1) is 54.1 Å². The Hall–Kier alpha value is -6.81. The van der Waals surface area contributed by atoms with E-state index in [1.807, 2.05) is 134 Å². The van der Waals surface area contributed by atoms with Crippen molar-refractivity contribution in [3.63, 3.8) is 0 Å². The number of hydrogen-bond acceptors (Lipinski definition) is 3. The summed E-state index contributed by atoms with van der Waals surface area (Å²) in [6.45, 7) is 10.8. The fourth-order valence-electron chi connectivity index (χ4n) is 8.98. The Labute approximate surface area is 431 Å². The second-order valence-corrected chi connectivity index (χ2v) is 24.6. The summed E-state index contributed by atoms with van der Waals surface area (Å²) in [6, 6.07) is 62.9. The number of alkyl halides is 3. The van der Waals surface area contributed by atoms with Gasteiger partial charge in [-0.2, -0.15) is 24.5 Å². The fraction of sp³-hybridized carbons (Fsp3) is 0.115. The van der Waals surface area contributed by atoms with Crippen LogP contribution in [-0.4, -0.2) is 22.6 Å². The monoisotopic (exact) mass is 1150 g/mol. The molecule has 0 fully saturated rings. The molecule has 11 rings (SSSR count). The molecule has 0 saturated heterocycles. The second-order valence-electron chi connectivity index (χ2n) is 18.5. The van der Waals surface area contributed by atoms with Crippen LogP contribution < -0.4 is 5.19 Å². The van der Waals surface area contributed by atoms with Gasteiger partial charge < -0.3 is 9.55 Å². The molecule has 0 aliphatic carbocycles. The van der Waals surface area contributed by atoms with Gasteiger partial charge in [-0.3, -0.25) is 4.98 Å². The standard InChI is InChI=1S/C44H25F4N2S.C17H22NSi.Ir/c45-37-15-8-16-38-41(37)50(39-26-31(27-9-3-1-4-10-27)19-23-33(39)29-11-5-2-6-12-29)43(49-38)35-14-7-13-34-36-25-30(20-24-40(36)51-42(34)35)28-17-21-32(22-18-28)44(46,47)48;1-13(2)15-11-16(14-9-7-6-8-10-14)18-12-17(15)19(3,4)5;/h1-13,15-26H;6-9,11-13H,1-5H3;/q2*-1;/i;13D;. The predicted molar refractivity (Wildman–Crippen MR) is 285 cm³/mol. The van der Waals surface area contributed by atoms with Crippen molar-refractivity contribution in [1.29, 1.82) is 0 Å². The minimum atomic E-state index is -4.40. The van der Waals surface area contributed by atoms with Gasteiger partial charge in [0.05, 0.1) is 30.5 Å². The molecular formula is C61H47F4IrN3SSi-2. The van der Waals surface area contributed by atoms with E-state index >= 15 is 4.39 Å². The number of halogens is 4. The SMILES string of the molecule is Fc1cccc2nc(-c3[c-]ccc4c3sc3ccc(-c5ccc(C(F)(F)F)cc5)cc34)n(-c3cc(-c4ccccc4)ccc3-c3ccccc3)c12.[2H]C(C)(C)c1cc(-c2[c-]cccc2)ncc1[Si](C)(C)C.[Ir]. The number of aromatic nitrogens is 3. The van der Waals surface area contributed by atoms with Gasteiger partial charge in [0.15, 0.2) is 0 Å². The summed E-state index contributed by atoms with van der Waals surface area (Å²) in [5.41, 5.74) is 10.1. The topological polar surface area (TPSA) is 30.7 Å². The summed E-state index contributed by atoms with van der Waals surface area (Å²) in [5, 5.41) is 3.20. The molecular weight excluding hydrogens is 1100 g/mol. The number of para-hydroxylation sites is 1. The van der Waals surface area contributed by atoms with Crippen LogP contribution in [0.5, 0.6) is 0 Å². The van der Waals surface area contributed by atoms with E-state index in [4.69, 9.17) is 6.35 Å². The molecule has 0 aliphatic rings. The molecule has 3 heterocycles. The number of benzene rings is 8. The maximum Gasteiger partial charge on any atom is 0.416 e. The van der Waals surface area contributed by atoms with Crippen molar-refractivity contribution in [2.24, 2.45) is 0 Å². The van der Waals surface area contributed by atoms with Crippen LogP contribution >= 0.6 is 11.3 Å². The van der Waals surface area contributed by atoms with Crippen LogP contribution in [0.25, 0.3) is 92.9 Å². The average molecular weight is 1150 g/mol. The number of thiophene rings is 1. The summed E-state index contributed by atoms with van der Waals surface area (Å²) in [6.07, 6.45) is -2.42. The van der Waals surface area contributed by atoms with Gasteiger partial charge >= 0.3 is 6.18 Å². The van der Waals surface area contributed by atoms with Gasteiger partial charge in [0, 0.05) is 43.6 Å². The summed E-state index contributed by atoms with van der Waals surface area (Å²) >= 11 is 1.58. The van der Waals surface area contributed by atoms with Crippen LogP contribution in [0.2, 0.25) is 19.6 Å². The van der Waals surface area contributed by atoms with Crippen LogP contribution in [0.1, 0.15) is 32.2 Å². The third-order valence-corrected chi connectivity index (χ3v) is 15.7. The third-order valence-electron chi connectivity index (χ3n) is 12.5. The van der Waals surface area contributed by atoms with Crippen molar-refractivity contribution in [2.45, 2.75) is 45.6 Å². The molecule has 0 atom stereocenters. The Morgan fingerprint density at radius 2 is 1.32 bits per heavy atom. The largest absolute Gasteiger partial charge is 0.416 e. The van der Waals surface area contributed by atoms with Crippen molar-refractivity contribution in [2.75, 3.05) is 0 Å². The minimum absolute atomic E-state index is 0. The third kappa shape index (κ3) is 9.95. The van der Waals surface area contributed by atoms with E-state index in [1.165, 1.54) is 23.4 Å². The quantitative estimate of drug-likeness (QED) is 0.0862. The van der Waals surface area contributed by atoms with E-state index in [-0.39, 0.29) is 25.9 Å². The van der Waals surface area contributed by atoms with Gasteiger partial charge in [-0.05, 0) is 97.1 Å². The number of imidazole rings is 1. The number of hydrogen-bond donors (Lipinski definition) is 0. The molecule has 0 bridgehead atoms. The number of rotatable bonds is 8. The van der Waals surface area contributed by atoms with E-state index in [9.17, 15) is 13.2 Å². The zero-order valence-electron chi connectivity index (χ0n) is 40.5. The van der Waals surface area contributed by atoms with Gasteiger partial charge in [-0.1, -0.05) is 153 Å². The average Bonchev–Trinajstić information content (AvgIpc) is 3.96. The molecule has 1 radical (unpaired) electrons. The van der Waals surface area contributed by atoms with E-state index < -0.39 is 25.7 Å². The smallest absolute Gasteiger partial charge is 0.330 e. The van der Waals surface area contributed by atoms with Crippen molar-refractivity contribution in [1.82, 2.24) is 14.5 Å². The Bertz CT molecular complexity index is 3720. The van der Waals surface area contributed by atoms with E-state index in [0.717, 1.165) is 88.2 Å². The molecule has 3 nitrogen and oxygen atoms in total. The summed E-state index contributed by atoms with van der Waals surface area (Å²) in [4.78, 5) is 9.69. The van der Waals surface area contributed by atoms with Crippen molar-refractivity contribution in [3.05, 3.63) is 217 Å². The molecule has 10 heteroatoms. The summed E-state index contributed by atoms with van der Waals surface area (Å²) < 4.78 is 68.1. The molecule has 11 aromatic rings. The Morgan fingerprint density at radius 1 is 0.662 bits per heavy atom.